The zero-order valence-electron chi connectivity index (χ0n) is 11.1. The standard InChI is InChI=1S/C14H15BrFN3O/c1-2-7-17-14-18-8-12(16)13(19-14)20-9-10-3-5-11(15)6-4-10/h3-6,8H,2,7,9H2,1H3,(H,17,18,19). The lowest BCUT2D eigenvalue weighted by Gasteiger charge is -2.08. The summed E-state index contributed by atoms with van der Waals surface area (Å²) in [4.78, 5) is 7.87. The molecule has 0 saturated carbocycles. The number of ether oxygens (including phenoxy) is 1. The van der Waals surface area contributed by atoms with Crippen molar-refractivity contribution in [2.24, 2.45) is 0 Å². The molecule has 0 amide bonds. The van der Waals surface area contributed by atoms with Crippen LogP contribution in [0.5, 0.6) is 5.88 Å². The molecule has 0 aliphatic heterocycles. The summed E-state index contributed by atoms with van der Waals surface area (Å²) in [5, 5.41) is 2.99. The summed E-state index contributed by atoms with van der Waals surface area (Å²) in [5.74, 6) is -0.232. The summed E-state index contributed by atoms with van der Waals surface area (Å²) < 4.78 is 20.0. The van der Waals surface area contributed by atoms with Gasteiger partial charge in [0.2, 0.25) is 11.8 Å². The van der Waals surface area contributed by atoms with Gasteiger partial charge >= 0.3 is 0 Å². The number of halogens is 2. The van der Waals surface area contributed by atoms with Gasteiger partial charge in [0.05, 0.1) is 6.20 Å². The molecule has 0 saturated heterocycles. The van der Waals surface area contributed by atoms with E-state index in [1.54, 1.807) is 0 Å². The van der Waals surface area contributed by atoms with E-state index in [4.69, 9.17) is 4.74 Å². The summed E-state index contributed by atoms with van der Waals surface area (Å²) in [5.41, 5.74) is 0.939. The van der Waals surface area contributed by atoms with Gasteiger partial charge in [0.1, 0.15) is 6.61 Å². The van der Waals surface area contributed by atoms with Crippen LogP contribution in [0.2, 0.25) is 0 Å². The predicted octanol–water partition coefficient (Wildman–Crippen LogP) is 3.78. The molecule has 0 aliphatic carbocycles. The molecule has 6 heteroatoms. The molecule has 0 atom stereocenters. The van der Waals surface area contributed by atoms with Crippen molar-refractivity contribution < 1.29 is 9.13 Å². The molecule has 4 nitrogen and oxygen atoms in total. The summed E-state index contributed by atoms with van der Waals surface area (Å²) in [6.45, 7) is 3.02. The third-order valence-corrected chi connectivity index (χ3v) is 3.06. The molecular formula is C14H15BrFN3O. The summed E-state index contributed by atoms with van der Waals surface area (Å²) in [7, 11) is 0. The fourth-order valence-electron chi connectivity index (χ4n) is 1.51. The second kappa shape index (κ2) is 7.19. The van der Waals surface area contributed by atoms with E-state index in [0.29, 0.717) is 5.95 Å². The first-order valence-electron chi connectivity index (χ1n) is 6.32. The van der Waals surface area contributed by atoms with E-state index in [2.05, 4.69) is 31.2 Å². The average Bonchev–Trinajstić information content (AvgIpc) is 2.46. The molecule has 2 rings (SSSR count). The normalized spacial score (nSPS) is 10.3. The van der Waals surface area contributed by atoms with Gasteiger partial charge in [-0.15, -0.1) is 0 Å². The van der Waals surface area contributed by atoms with Crippen molar-refractivity contribution in [3.05, 3.63) is 46.3 Å². The molecule has 106 valence electrons. The molecule has 0 spiro atoms. The monoisotopic (exact) mass is 339 g/mol. The molecule has 1 aromatic carbocycles. The largest absolute Gasteiger partial charge is 0.471 e. The minimum atomic E-state index is -0.566. The van der Waals surface area contributed by atoms with Gasteiger partial charge in [-0.25, -0.2) is 4.98 Å². The quantitative estimate of drug-likeness (QED) is 0.869. The van der Waals surface area contributed by atoms with Crippen LogP contribution in [0.25, 0.3) is 0 Å². The third kappa shape index (κ3) is 4.16. The van der Waals surface area contributed by atoms with Crippen LogP contribution in [-0.4, -0.2) is 16.5 Å². The van der Waals surface area contributed by atoms with E-state index >= 15 is 0 Å². The van der Waals surface area contributed by atoms with E-state index in [1.165, 1.54) is 0 Å². The number of anilines is 1. The maximum absolute atomic E-state index is 13.6. The minimum Gasteiger partial charge on any atom is -0.471 e. The van der Waals surface area contributed by atoms with E-state index in [-0.39, 0.29) is 12.5 Å². The summed E-state index contributed by atoms with van der Waals surface area (Å²) in [6, 6.07) is 7.62. The Morgan fingerprint density at radius 2 is 2.05 bits per heavy atom. The number of rotatable bonds is 6. The number of nitrogens with one attached hydrogen (secondary N) is 1. The lowest BCUT2D eigenvalue weighted by atomic mass is 10.2. The molecule has 0 unspecified atom stereocenters. The average molecular weight is 340 g/mol. The van der Waals surface area contributed by atoms with Gasteiger partial charge in [-0.1, -0.05) is 35.0 Å². The SMILES string of the molecule is CCCNc1ncc(F)c(OCc2ccc(Br)cc2)n1. The Bertz CT molecular complexity index is 563. The second-order valence-corrected chi connectivity index (χ2v) is 5.10. The highest BCUT2D eigenvalue weighted by molar-refractivity contribution is 9.10. The van der Waals surface area contributed by atoms with Gasteiger partial charge in [-0.05, 0) is 24.1 Å². The fraction of sp³-hybridized carbons (Fsp3) is 0.286. The van der Waals surface area contributed by atoms with Crippen molar-refractivity contribution in [2.75, 3.05) is 11.9 Å². The lowest BCUT2D eigenvalue weighted by Crippen LogP contribution is -2.07. The van der Waals surface area contributed by atoms with Gasteiger partial charge in [-0.2, -0.15) is 9.37 Å². The van der Waals surface area contributed by atoms with Gasteiger partial charge in [0.25, 0.3) is 5.88 Å². The Labute approximate surface area is 125 Å². The maximum Gasteiger partial charge on any atom is 0.255 e. The Morgan fingerprint density at radius 3 is 2.75 bits per heavy atom. The summed E-state index contributed by atoms with van der Waals surface area (Å²) in [6.07, 6.45) is 2.05. The van der Waals surface area contributed by atoms with Crippen LogP contribution in [0.15, 0.2) is 34.9 Å². The van der Waals surface area contributed by atoms with Crippen molar-refractivity contribution in [3.8, 4) is 5.88 Å². The molecule has 20 heavy (non-hydrogen) atoms. The van der Waals surface area contributed by atoms with Gasteiger partial charge in [0.15, 0.2) is 0 Å². The highest BCUT2D eigenvalue weighted by Crippen LogP contribution is 2.17. The van der Waals surface area contributed by atoms with Crippen LogP contribution >= 0.6 is 15.9 Å². The first-order valence-corrected chi connectivity index (χ1v) is 7.12. The smallest absolute Gasteiger partial charge is 0.255 e. The lowest BCUT2D eigenvalue weighted by molar-refractivity contribution is 0.276. The maximum atomic E-state index is 13.6. The van der Waals surface area contributed by atoms with Crippen molar-refractivity contribution in [2.45, 2.75) is 20.0 Å². The Kier molecular flexibility index (Phi) is 5.29. The van der Waals surface area contributed by atoms with E-state index < -0.39 is 5.82 Å². The fourth-order valence-corrected chi connectivity index (χ4v) is 1.77. The molecule has 0 aliphatic rings. The van der Waals surface area contributed by atoms with E-state index in [0.717, 1.165) is 29.2 Å². The molecular weight excluding hydrogens is 325 g/mol. The number of hydrogen-bond donors (Lipinski definition) is 1. The van der Waals surface area contributed by atoms with Crippen LogP contribution in [0.3, 0.4) is 0 Å². The number of benzene rings is 1. The van der Waals surface area contributed by atoms with Gasteiger partial charge in [-0.3, -0.25) is 0 Å². The highest BCUT2D eigenvalue weighted by Gasteiger charge is 2.08. The molecule has 1 aromatic heterocycles. The molecule has 0 fully saturated rings. The Balaban J connectivity index is 2.02. The first-order chi connectivity index (χ1) is 9.69. The van der Waals surface area contributed by atoms with Crippen LogP contribution in [0.4, 0.5) is 10.3 Å². The Morgan fingerprint density at radius 1 is 1.30 bits per heavy atom. The van der Waals surface area contributed by atoms with Crippen molar-refractivity contribution in [1.29, 1.82) is 0 Å². The first kappa shape index (κ1) is 14.7. The van der Waals surface area contributed by atoms with Crippen molar-refractivity contribution in [3.63, 3.8) is 0 Å². The van der Waals surface area contributed by atoms with Crippen LogP contribution in [0.1, 0.15) is 18.9 Å². The van der Waals surface area contributed by atoms with Crippen LogP contribution < -0.4 is 10.1 Å². The van der Waals surface area contributed by atoms with Gasteiger partial charge < -0.3 is 10.1 Å². The minimum absolute atomic E-state index is 0.0403. The van der Waals surface area contributed by atoms with Crippen LogP contribution in [0, 0.1) is 5.82 Å². The molecule has 0 bridgehead atoms. The van der Waals surface area contributed by atoms with Gasteiger partial charge in [0, 0.05) is 11.0 Å². The zero-order valence-corrected chi connectivity index (χ0v) is 12.7. The van der Waals surface area contributed by atoms with Crippen LogP contribution in [-0.2, 0) is 6.61 Å². The predicted molar refractivity (Wildman–Crippen MR) is 79.2 cm³/mol. The zero-order chi connectivity index (χ0) is 14.4. The van der Waals surface area contributed by atoms with Crippen molar-refractivity contribution >= 4 is 21.9 Å². The topological polar surface area (TPSA) is 47.0 Å². The second-order valence-electron chi connectivity index (χ2n) is 4.19. The summed E-state index contributed by atoms with van der Waals surface area (Å²) >= 11 is 3.36. The molecule has 1 heterocycles. The molecule has 2 aromatic rings. The Hall–Kier alpha value is -1.69. The number of hydrogen-bond acceptors (Lipinski definition) is 4. The van der Waals surface area contributed by atoms with E-state index in [1.807, 2.05) is 31.2 Å². The van der Waals surface area contributed by atoms with Crippen molar-refractivity contribution in [1.82, 2.24) is 9.97 Å². The van der Waals surface area contributed by atoms with E-state index in [9.17, 15) is 4.39 Å². The molecule has 1 N–H and O–H groups in total. The highest BCUT2D eigenvalue weighted by atomic mass is 79.9. The molecule has 0 radical (unpaired) electrons. The number of nitrogens with zero attached hydrogens (tertiary/aromatic N) is 2. The third-order valence-electron chi connectivity index (χ3n) is 2.53. The number of aromatic nitrogens is 2.